The number of aromatic nitrogens is 1. The number of carbonyl (C=O) groups is 1. The molecule has 2 heterocycles. The third kappa shape index (κ3) is 3.94. The zero-order valence-corrected chi connectivity index (χ0v) is 17.6. The normalized spacial score (nSPS) is 16.1. The van der Waals surface area contributed by atoms with Crippen LogP contribution in [0.5, 0.6) is 5.75 Å². The van der Waals surface area contributed by atoms with Crippen LogP contribution < -0.4 is 14.9 Å². The van der Waals surface area contributed by atoms with Crippen LogP contribution in [0.3, 0.4) is 0 Å². The third-order valence-electron chi connectivity index (χ3n) is 4.87. The summed E-state index contributed by atoms with van der Waals surface area (Å²) in [7, 11) is 0. The Kier molecular flexibility index (Phi) is 5.56. The molecule has 1 aliphatic heterocycles. The largest absolute Gasteiger partial charge is 0.508 e. The van der Waals surface area contributed by atoms with Gasteiger partial charge >= 0.3 is 5.97 Å². The van der Waals surface area contributed by atoms with E-state index in [2.05, 4.69) is 4.99 Å². The number of nitrogens with zero attached hydrogens (tertiary/aromatic N) is 2. The Morgan fingerprint density at radius 1 is 1.29 bits per heavy atom. The Bertz CT molecular complexity index is 1370. The van der Waals surface area contributed by atoms with Crippen LogP contribution in [0.15, 0.2) is 69.6 Å². The Morgan fingerprint density at radius 2 is 2.03 bits per heavy atom. The molecule has 158 valence electrons. The first-order valence-corrected chi connectivity index (χ1v) is 10.4. The van der Waals surface area contributed by atoms with Gasteiger partial charge in [-0.2, -0.15) is 0 Å². The van der Waals surface area contributed by atoms with Crippen LogP contribution in [0, 0.1) is 5.82 Å². The van der Waals surface area contributed by atoms with Gasteiger partial charge in [0.15, 0.2) is 4.80 Å². The molecule has 8 heteroatoms. The molecule has 0 aliphatic carbocycles. The molecule has 0 saturated carbocycles. The van der Waals surface area contributed by atoms with Gasteiger partial charge in [0.25, 0.3) is 5.56 Å². The SMILES string of the molecule is CCOC(=O)C1=C(C)N=c2sc(=Cc3cccc(F)c3)c(=O)n2C1c1ccc(O)cc1. The highest BCUT2D eigenvalue weighted by Crippen LogP contribution is 2.31. The Morgan fingerprint density at radius 3 is 2.71 bits per heavy atom. The molecule has 31 heavy (non-hydrogen) atoms. The second-order valence-corrected chi connectivity index (χ2v) is 7.96. The maximum absolute atomic E-state index is 13.6. The summed E-state index contributed by atoms with van der Waals surface area (Å²) in [5, 5.41) is 9.68. The summed E-state index contributed by atoms with van der Waals surface area (Å²) in [4.78, 5) is 31.0. The molecule has 0 bridgehead atoms. The number of allylic oxidation sites excluding steroid dienone is 1. The van der Waals surface area contributed by atoms with Crippen molar-refractivity contribution >= 4 is 23.4 Å². The Hall–Kier alpha value is -3.52. The lowest BCUT2D eigenvalue weighted by Crippen LogP contribution is -2.39. The van der Waals surface area contributed by atoms with Crippen molar-refractivity contribution in [1.29, 1.82) is 0 Å². The molecule has 0 saturated heterocycles. The smallest absolute Gasteiger partial charge is 0.338 e. The first-order chi connectivity index (χ1) is 14.9. The van der Waals surface area contributed by atoms with Crippen molar-refractivity contribution in [1.82, 2.24) is 4.57 Å². The number of fused-ring (bicyclic) bond motifs is 1. The van der Waals surface area contributed by atoms with Crippen molar-refractivity contribution in [2.75, 3.05) is 6.61 Å². The van der Waals surface area contributed by atoms with E-state index in [4.69, 9.17) is 4.74 Å². The minimum Gasteiger partial charge on any atom is -0.508 e. The number of phenolic OH excluding ortho intramolecular Hbond substituents is 1. The first kappa shape index (κ1) is 20.7. The van der Waals surface area contributed by atoms with E-state index in [0.29, 0.717) is 26.2 Å². The van der Waals surface area contributed by atoms with Gasteiger partial charge in [0.2, 0.25) is 0 Å². The number of benzene rings is 2. The van der Waals surface area contributed by atoms with E-state index in [1.54, 1.807) is 44.2 Å². The predicted octanol–water partition coefficient (Wildman–Crippen LogP) is 2.64. The molecule has 1 N–H and O–H groups in total. The quantitative estimate of drug-likeness (QED) is 0.635. The molecule has 0 amide bonds. The van der Waals surface area contributed by atoms with Crippen LogP contribution in [-0.2, 0) is 9.53 Å². The minimum atomic E-state index is -0.759. The van der Waals surface area contributed by atoms with Crippen LogP contribution in [0.1, 0.15) is 31.0 Å². The van der Waals surface area contributed by atoms with Crippen molar-refractivity contribution in [3.63, 3.8) is 0 Å². The highest BCUT2D eigenvalue weighted by atomic mass is 32.1. The lowest BCUT2D eigenvalue weighted by atomic mass is 9.96. The first-order valence-electron chi connectivity index (χ1n) is 9.63. The van der Waals surface area contributed by atoms with Gasteiger partial charge in [0.05, 0.1) is 28.5 Å². The molecule has 0 fully saturated rings. The predicted molar refractivity (Wildman–Crippen MR) is 115 cm³/mol. The van der Waals surface area contributed by atoms with Crippen LogP contribution >= 0.6 is 11.3 Å². The van der Waals surface area contributed by atoms with Crippen LogP contribution in [0.25, 0.3) is 6.08 Å². The average molecular weight is 438 g/mol. The molecular formula is C23H19FN2O4S. The van der Waals surface area contributed by atoms with E-state index in [1.807, 2.05) is 0 Å². The highest BCUT2D eigenvalue weighted by molar-refractivity contribution is 7.07. The van der Waals surface area contributed by atoms with Crippen LogP contribution in [-0.4, -0.2) is 22.2 Å². The van der Waals surface area contributed by atoms with Gasteiger partial charge in [-0.15, -0.1) is 0 Å². The molecule has 6 nitrogen and oxygen atoms in total. The molecule has 2 aromatic carbocycles. The van der Waals surface area contributed by atoms with Gasteiger partial charge in [0.1, 0.15) is 11.6 Å². The standard InChI is InChI=1S/C23H19FN2O4S/c1-3-30-22(29)19-13(2)25-23-26(20(19)15-7-9-17(27)10-8-15)21(28)18(31-23)12-14-5-4-6-16(24)11-14/h4-12,20,27H,3H2,1-2H3. The molecule has 4 rings (SSSR count). The molecule has 1 atom stereocenters. The number of phenols is 1. The number of halogens is 1. The molecule has 0 radical (unpaired) electrons. The average Bonchev–Trinajstić information content (AvgIpc) is 3.02. The monoisotopic (exact) mass is 438 g/mol. The maximum atomic E-state index is 13.6. The lowest BCUT2D eigenvalue weighted by molar-refractivity contribution is -0.139. The van der Waals surface area contributed by atoms with Gasteiger partial charge in [-0.1, -0.05) is 35.6 Å². The van der Waals surface area contributed by atoms with Crippen molar-refractivity contribution in [3.8, 4) is 5.75 Å². The minimum absolute atomic E-state index is 0.0700. The molecule has 1 unspecified atom stereocenters. The van der Waals surface area contributed by atoms with E-state index >= 15 is 0 Å². The zero-order valence-electron chi connectivity index (χ0n) is 16.8. The maximum Gasteiger partial charge on any atom is 0.338 e. The third-order valence-corrected chi connectivity index (χ3v) is 5.86. The topological polar surface area (TPSA) is 80.9 Å². The summed E-state index contributed by atoms with van der Waals surface area (Å²) in [6, 6.07) is 11.5. The molecular weight excluding hydrogens is 419 g/mol. The number of ether oxygens (including phenoxy) is 1. The van der Waals surface area contributed by atoms with Gasteiger partial charge in [-0.05, 0) is 55.3 Å². The number of aromatic hydroxyl groups is 1. The fourth-order valence-electron chi connectivity index (χ4n) is 3.51. The van der Waals surface area contributed by atoms with Crippen LogP contribution in [0.4, 0.5) is 4.39 Å². The van der Waals surface area contributed by atoms with E-state index in [9.17, 15) is 19.1 Å². The van der Waals surface area contributed by atoms with Gasteiger partial charge in [0, 0.05) is 0 Å². The second-order valence-electron chi connectivity index (χ2n) is 6.95. The molecule has 1 aliphatic rings. The second kappa shape index (κ2) is 8.31. The fraction of sp³-hybridized carbons (Fsp3) is 0.174. The zero-order chi connectivity index (χ0) is 22.1. The van der Waals surface area contributed by atoms with Crippen molar-refractivity contribution in [3.05, 3.63) is 96.4 Å². The van der Waals surface area contributed by atoms with Gasteiger partial charge in [-0.25, -0.2) is 14.2 Å². The summed E-state index contributed by atoms with van der Waals surface area (Å²) in [6.07, 6.45) is 1.60. The number of carbonyl (C=O) groups excluding carboxylic acids is 1. The van der Waals surface area contributed by atoms with Crippen molar-refractivity contribution in [2.24, 2.45) is 4.99 Å². The van der Waals surface area contributed by atoms with E-state index < -0.39 is 17.8 Å². The number of esters is 1. The number of hydrogen-bond donors (Lipinski definition) is 1. The summed E-state index contributed by atoms with van der Waals surface area (Å²) >= 11 is 1.17. The van der Waals surface area contributed by atoms with Crippen molar-refractivity contribution in [2.45, 2.75) is 19.9 Å². The number of rotatable bonds is 4. The van der Waals surface area contributed by atoms with Gasteiger partial charge in [-0.3, -0.25) is 9.36 Å². The summed E-state index contributed by atoms with van der Waals surface area (Å²) in [5.41, 5.74) is 1.55. The van der Waals surface area contributed by atoms with E-state index in [-0.39, 0.29) is 23.5 Å². The molecule has 1 aromatic heterocycles. The number of thiazole rings is 1. The Labute approximate surface area is 180 Å². The molecule has 3 aromatic rings. The Balaban J connectivity index is 1.96. The number of hydrogen-bond acceptors (Lipinski definition) is 6. The fourth-order valence-corrected chi connectivity index (χ4v) is 4.56. The summed E-state index contributed by atoms with van der Waals surface area (Å²) < 4.78 is 20.6. The molecule has 0 spiro atoms. The summed E-state index contributed by atoms with van der Waals surface area (Å²) in [6.45, 7) is 3.59. The van der Waals surface area contributed by atoms with Gasteiger partial charge < -0.3 is 9.84 Å². The van der Waals surface area contributed by atoms with E-state index in [0.717, 1.165) is 0 Å². The lowest BCUT2D eigenvalue weighted by Gasteiger charge is -2.24. The van der Waals surface area contributed by atoms with E-state index in [1.165, 1.54) is 40.2 Å². The highest BCUT2D eigenvalue weighted by Gasteiger charge is 2.33. The van der Waals surface area contributed by atoms with Crippen LogP contribution in [0.2, 0.25) is 0 Å². The van der Waals surface area contributed by atoms with Crippen molar-refractivity contribution < 1.29 is 19.0 Å². The summed E-state index contributed by atoms with van der Waals surface area (Å²) in [5.74, 6) is -0.883.